The van der Waals surface area contributed by atoms with Gasteiger partial charge in [-0.1, -0.05) is 25.3 Å². The van der Waals surface area contributed by atoms with Gasteiger partial charge < -0.3 is 10.6 Å². The van der Waals surface area contributed by atoms with Crippen LogP contribution in [0.3, 0.4) is 0 Å². The molecule has 0 radical (unpaired) electrons. The second kappa shape index (κ2) is 4.77. The summed E-state index contributed by atoms with van der Waals surface area (Å²) in [6.07, 6.45) is 6.79. The third-order valence-corrected chi connectivity index (χ3v) is 3.85. The average Bonchev–Trinajstić information content (AvgIpc) is 2.33. The van der Waals surface area contributed by atoms with Gasteiger partial charge in [-0.15, -0.1) is 0 Å². The molecule has 1 fully saturated rings. The van der Waals surface area contributed by atoms with E-state index in [-0.39, 0.29) is 0 Å². The Bertz CT molecular complexity index is 354. The van der Waals surface area contributed by atoms with Crippen molar-refractivity contribution in [2.24, 2.45) is 0 Å². The molecular formula is C14H22N2. The second-order valence-electron chi connectivity index (χ2n) is 4.89. The fourth-order valence-electron chi connectivity index (χ4n) is 2.69. The number of anilines is 2. The van der Waals surface area contributed by atoms with Gasteiger partial charge in [0, 0.05) is 24.5 Å². The van der Waals surface area contributed by atoms with Gasteiger partial charge in [0.2, 0.25) is 0 Å². The number of hydrogen-bond acceptors (Lipinski definition) is 2. The summed E-state index contributed by atoms with van der Waals surface area (Å²) in [6, 6.07) is 6.92. The van der Waals surface area contributed by atoms with E-state index >= 15 is 0 Å². The molecule has 1 saturated carbocycles. The summed E-state index contributed by atoms with van der Waals surface area (Å²) in [7, 11) is 2.21. The maximum atomic E-state index is 5.96. The predicted octanol–water partition coefficient (Wildman–Crippen LogP) is 3.35. The number of benzene rings is 1. The number of hydrogen-bond donors (Lipinski definition) is 1. The number of nitrogens with two attached hydrogens (primary N) is 1. The van der Waals surface area contributed by atoms with Gasteiger partial charge in [-0.05, 0) is 37.5 Å². The van der Waals surface area contributed by atoms with Crippen LogP contribution in [-0.2, 0) is 0 Å². The number of nitrogens with zero attached hydrogens (tertiary/aromatic N) is 1. The lowest BCUT2D eigenvalue weighted by Gasteiger charge is -2.34. The monoisotopic (exact) mass is 218 g/mol. The first-order chi connectivity index (χ1) is 7.70. The lowest BCUT2D eigenvalue weighted by atomic mass is 9.94. The van der Waals surface area contributed by atoms with Crippen LogP contribution in [0.25, 0.3) is 0 Å². The summed E-state index contributed by atoms with van der Waals surface area (Å²) < 4.78 is 0. The topological polar surface area (TPSA) is 29.3 Å². The normalized spacial score (nSPS) is 17.4. The van der Waals surface area contributed by atoms with Gasteiger partial charge in [-0.2, -0.15) is 0 Å². The van der Waals surface area contributed by atoms with Crippen molar-refractivity contribution in [1.29, 1.82) is 0 Å². The zero-order valence-electron chi connectivity index (χ0n) is 10.4. The van der Waals surface area contributed by atoms with Crippen molar-refractivity contribution in [2.45, 2.75) is 45.1 Å². The summed E-state index contributed by atoms with van der Waals surface area (Å²) in [5.41, 5.74) is 9.38. The highest BCUT2D eigenvalue weighted by atomic mass is 15.1. The molecule has 88 valence electrons. The van der Waals surface area contributed by atoms with E-state index in [1.807, 2.05) is 6.07 Å². The first kappa shape index (κ1) is 11.3. The van der Waals surface area contributed by atoms with Crippen LogP contribution in [0, 0.1) is 6.92 Å². The Morgan fingerprint density at radius 1 is 1.19 bits per heavy atom. The molecule has 2 rings (SSSR count). The molecule has 0 heterocycles. The summed E-state index contributed by atoms with van der Waals surface area (Å²) in [5, 5.41) is 0. The van der Waals surface area contributed by atoms with E-state index in [1.165, 1.54) is 43.4 Å². The number of nitrogen functional groups attached to an aromatic ring is 1. The SMILES string of the molecule is Cc1c(N)cccc1N(C)C1CCCCC1. The van der Waals surface area contributed by atoms with Gasteiger partial charge in [0.15, 0.2) is 0 Å². The van der Waals surface area contributed by atoms with Gasteiger partial charge in [0.1, 0.15) is 0 Å². The molecule has 0 saturated heterocycles. The summed E-state index contributed by atoms with van der Waals surface area (Å²) >= 11 is 0. The lowest BCUT2D eigenvalue weighted by Crippen LogP contribution is -2.33. The highest BCUT2D eigenvalue weighted by Gasteiger charge is 2.19. The van der Waals surface area contributed by atoms with Crippen LogP contribution in [-0.4, -0.2) is 13.1 Å². The van der Waals surface area contributed by atoms with Crippen LogP contribution in [0.4, 0.5) is 11.4 Å². The van der Waals surface area contributed by atoms with E-state index in [1.54, 1.807) is 0 Å². The van der Waals surface area contributed by atoms with Crippen molar-refractivity contribution >= 4 is 11.4 Å². The first-order valence-corrected chi connectivity index (χ1v) is 6.28. The molecule has 1 aliphatic carbocycles. The Balaban J connectivity index is 2.19. The van der Waals surface area contributed by atoms with E-state index < -0.39 is 0 Å². The quantitative estimate of drug-likeness (QED) is 0.771. The molecule has 2 nitrogen and oxygen atoms in total. The molecule has 1 aromatic rings. The van der Waals surface area contributed by atoms with Crippen LogP contribution < -0.4 is 10.6 Å². The van der Waals surface area contributed by atoms with Gasteiger partial charge in [-0.25, -0.2) is 0 Å². The van der Waals surface area contributed by atoms with Crippen molar-refractivity contribution in [3.05, 3.63) is 23.8 Å². The minimum atomic E-state index is 0.703. The van der Waals surface area contributed by atoms with E-state index in [9.17, 15) is 0 Å². The molecule has 0 aliphatic heterocycles. The summed E-state index contributed by atoms with van der Waals surface area (Å²) in [5.74, 6) is 0. The Morgan fingerprint density at radius 3 is 2.56 bits per heavy atom. The Morgan fingerprint density at radius 2 is 1.88 bits per heavy atom. The van der Waals surface area contributed by atoms with E-state index in [2.05, 4.69) is 31.0 Å². The van der Waals surface area contributed by atoms with Crippen molar-refractivity contribution in [1.82, 2.24) is 0 Å². The summed E-state index contributed by atoms with van der Waals surface area (Å²) in [6.45, 7) is 2.12. The highest BCUT2D eigenvalue weighted by Crippen LogP contribution is 2.30. The zero-order chi connectivity index (χ0) is 11.5. The third kappa shape index (κ3) is 2.16. The second-order valence-corrected chi connectivity index (χ2v) is 4.89. The number of rotatable bonds is 2. The van der Waals surface area contributed by atoms with Gasteiger partial charge in [0.05, 0.1) is 0 Å². The van der Waals surface area contributed by atoms with Crippen LogP contribution in [0.1, 0.15) is 37.7 Å². The average molecular weight is 218 g/mol. The fourth-order valence-corrected chi connectivity index (χ4v) is 2.69. The molecule has 1 aliphatic rings. The standard InChI is InChI=1S/C14H22N2/c1-11-13(15)9-6-10-14(11)16(2)12-7-4-3-5-8-12/h6,9-10,12H,3-5,7-8,15H2,1-2H3. The first-order valence-electron chi connectivity index (χ1n) is 6.28. The molecule has 0 amide bonds. The van der Waals surface area contributed by atoms with Gasteiger partial charge in [0.25, 0.3) is 0 Å². The van der Waals surface area contributed by atoms with Crippen molar-refractivity contribution in [3.8, 4) is 0 Å². The van der Waals surface area contributed by atoms with Crippen molar-refractivity contribution in [2.75, 3.05) is 17.7 Å². The fraction of sp³-hybridized carbons (Fsp3) is 0.571. The molecular weight excluding hydrogens is 196 g/mol. The zero-order valence-corrected chi connectivity index (χ0v) is 10.4. The molecule has 16 heavy (non-hydrogen) atoms. The van der Waals surface area contributed by atoms with Gasteiger partial charge >= 0.3 is 0 Å². The third-order valence-electron chi connectivity index (χ3n) is 3.85. The highest BCUT2D eigenvalue weighted by molar-refractivity contribution is 5.64. The summed E-state index contributed by atoms with van der Waals surface area (Å²) in [4.78, 5) is 2.42. The molecule has 2 heteroatoms. The largest absolute Gasteiger partial charge is 0.398 e. The molecule has 2 N–H and O–H groups in total. The maximum absolute atomic E-state index is 5.96. The van der Waals surface area contributed by atoms with Crippen LogP contribution in [0.5, 0.6) is 0 Å². The molecule has 0 spiro atoms. The minimum absolute atomic E-state index is 0.703. The smallest absolute Gasteiger partial charge is 0.0416 e. The van der Waals surface area contributed by atoms with Crippen LogP contribution in [0.2, 0.25) is 0 Å². The Labute approximate surface area is 98.4 Å². The van der Waals surface area contributed by atoms with Crippen LogP contribution in [0.15, 0.2) is 18.2 Å². The van der Waals surface area contributed by atoms with E-state index in [0.717, 1.165) is 5.69 Å². The lowest BCUT2D eigenvalue weighted by molar-refractivity contribution is 0.427. The predicted molar refractivity (Wildman–Crippen MR) is 70.9 cm³/mol. The Hall–Kier alpha value is -1.18. The van der Waals surface area contributed by atoms with Crippen LogP contribution >= 0.6 is 0 Å². The molecule has 1 aromatic carbocycles. The molecule has 0 unspecified atom stereocenters. The Kier molecular flexibility index (Phi) is 3.37. The maximum Gasteiger partial charge on any atom is 0.0416 e. The molecule has 0 aromatic heterocycles. The van der Waals surface area contributed by atoms with E-state index in [0.29, 0.717) is 6.04 Å². The minimum Gasteiger partial charge on any atom is -0.398 e. The molecule has 0 bridgehead atoms. The van der Waals surface area contributed by atoms with Crippen molar-refractivity contribution < 1.29 is 0 Å². The van der Waals surface area contributed by atoms with Crippen molar-refractivity contribution in [3.63, 3.8) is 0 Å². The molecule has 0 atom stereocenters. The van der Waals surface area contributed by atoms with E-state index in [4.69, 9.17) is 5.73 Å². The van der Waals surface area contributed by atoms with Gasteiger partial charge in [-0.3, -0.25) is 0 Å².